The van der Waals surface area contributed by atoms with Crippen LogP contribution in [0.25, 0.3) is 44.1 Å². The standard InChI is InChI=1S/C25H17Br2N/c1-28-24-14-18(16-8-4-2-5-9-16)22(26)12-20(24)21-13-23(27)19(15-25(21)28)17-10-6-3-7-11-17/h2-15H,1H3. The maximum atomic E-state index is 3.80. The van der Waals surface area contributed by atoms with Gasteiger partial charge in [-0.1, -0.05) is 92.5 Å². The quantitative estimate of drug-likeness (QED) is 0.235. The summed E-state index contributed by atoms with van der Waals surface area (Å²) < 4.78 is 4.52. The van der Waals surface area contributed by atoms with E-state index in [1.54, 1.807) is 0 Å². The van der Waals surface area contributed by atoms with Gasteiger partial charge in [-0.3, -0.25) is 0 Å². The lowest BCUT2D eigenvalue weighted by molar-refractivity contribution is 1.01. The molecule has 0 saturated carbocycles. The number of halogens is 2. The van der Waals surface area contributed by atoms with E-state index < -0.39 is 0 Å². The van der Waals surface area contributed by atoms with Crippen molar-refractivity contribution >= 4 is 53.7 Å². The molecule has 0 aliphatic carbocycles. The van der Waals surface area contributed by atoms with Gasteiger partial charge >= 0.3 is 0 Å². The topological polar surface area (TPSA) is 4.93 Å². The van der Waals surface area contributed by atoms with Crippen LogP contribution in [0.1, 0.15) is 0 Å². The number of benzene rings is 4. The van der Waals surface area contributed by atoms with Gasteiger partial charge in [0.15, 0.2) is 0 Å². The number of rotatable bonds is 2. The summed E-state index contributed by atoms with van der Waals surface area (Å²) in [5.74, 6) is 0. The molecule has 0 spiro atoms. The highest BCUT2D eigenvalue weighted by Crippen LogP contribution is 2.40. The second kappa shape index (κ2) is 6.91. The van der Waals surface area contributed by atoms with E-state index >= 15 is 0 Å². The van der Waals surface area contributed by atoms with Crippen molar-refractivity contribution in [1.82, 2.24) is 4.57 Å². The lowest BCUT2D eigenvalue weighted by Gasteiger charge is -2.07. The maximum Gasteiger partial charge on any atom is 0.0495 e. The fourth-order valence-electron chi connectivity index (χ4n) is 3.92. The summed E-state index contributed by atoms with van der Waals surface area (Å²) in [4.78, 5) is 0. The third-order valence-corrected chi connectivity index (χ3v) is 6.67. The van der Waals surface area contributed by atoms with Crippen molar-refractivity contribution in [2.45, 2.75) is 0 Å². The number of hydrogen-bond donors (Lipinski definition) is 0. The van der Waals surface area contributed by atoms with Gasteiger partial charge in [0, 0.05) is 37.8 Å². The Hall–Kier alpha value is -2.36. The Morgan fingerprint density at radius 1 is 0.571 bits per heavy atom. The van der Waals surface area contributed by atoms with Gasteiger partial charge < -0.3 is 4.57 Å². The fourth-order valence-corrected chi connectivity index (χ4v) is 5.06. The van der Waals surface area contributed by atoms with E-state index in [-0.39, 0.29) is 0 Å². The van der Waals surface area contributed by atoms with Gasteiger partial charge in [-0.05, 0) is 46.5 Å². The van der Waals surface area contributed by atoms with Gasteiger partial charge in [-0.15, -0.1) is 0 Å². The van der Waals surface area contributed by atoms with Crippen LogP contribution >= 0.6 is 31.9 Å². The van der Waals surface area contributed by atoms with E-state index in [0.29, 0.717) is 0 Å². The molecule has 0 aliphatic heterocycles. The summed E-state index contributed by atoms with van der Waals surface area (Å²) in [6, 6.07) is 30.1. The van der Waals surface area contributed by atoms with Gasteiger partial charge in [0.25, 0.3) is 0 Å². The zero-order chi connectivity index (χ0) is 19.3. The average molecular weight is 491 g/mol. The molecule has 28 heavy (non-hydrogen) atoms. The lowest BCUT2D eigenvalue weighted by atomic mass is 10.0. The van der Waals surface area contributed by atoms with Crippen molar-refractivity contribution < 1.29 is 0 Å². The van der Waals surface area contributed by atoms with Gasteiger partial charge in [0.05, 0.1) is 0 Å². The summed E-state index contributed by atoms with van der Waals surface area (Å²) in [5.41, 5.74) is 7.31. The van der Waals surface area contributed by atoms with Crippen LogP contribution in [0.15, 0.2) is 93.9 Å². The zero-order valence-electron chi connectivity index (χ0n) is 15.3. The minimum absolute atomic E-state index is 1.11. The molecule has 0 aliphatic rings. The summed E-state index contributed by atoms with van der Waals surface area (Å²) in [6.07, 6.45) is 0. The van der Waals surface area contributed by atoms with Crippen LogP contribution in [-0.4, -0.2) is 4.57 Å². The van der Waals surface area contributed by atoms with Crippen molar-refractivity contribution in [3.05, 3.63) is 93.9 Å². The number of hydrogen-bond acceptors (Lipinski definition) is 0. The molecule has 0 radical (unpaired) electrons. The van der Waals surface area contributed by atoms with Crippen LogP contribution in [-0.2, 0) is 7.05 Å². The first-order valence-corrected chi connectivity index (χ1v) is 10.7. The minimum Gasteiger partial charge on any atom is -0.344 e. The molecular formula is C25H17Br2N. The molecule has 3 heteroatoms. The highest BCUT2D eigenvalue weighted by atomic mass is 79.9. The van der Waals surface area contributed by atoms with E-state index in [4.69, 9.17) is 0 Å². The molecule has 0 fully saturated rings. The molecule has 4 aromatic carbocycles. The molecule has 5 rings (SSSR count). The molecule has 0 bridgehead atoms. The highest BCUT2D eigenvalue weighted by molar-refractivity contribution is 9.11. The Labute approximate surface area is 180 Å². The largest absolute Gasteiger partial charge is 0.344 e. The van der Waals surface area contributed by atoms with Gasteiger partial charge in [-0.2, -0.15) is 0 Å². The first-order chi connectivity index (χ1) is 13.6. The number of nitrogens with zero attached hydrogens (tertiary/aromatic N) is 1. The Balaban J connectivity index is 1.80. The van der Waals surface area contributed by atoms with Crippen LogP contribution in [0.4, 0.5) is 0 Å². The fraction of sp³-hybridized carbons (Fsp3) is 0.0400. The van der Waals surface area contributed by atoms with E-state index in [2.05, 4.69) is 128 Å². The summed E-state index contributed by atoms with van der Waals surface area (Å²) in [7, 11) is 2.15. The third-order valence-electron chi connectivity index (χ3n) is 5.35. The molecule has 0 unspecified atom stereocenters. The Bertz CT molecular complexity index is 1220. The third kappa shape index (κ3) is 2.81. The summed E-state index contributed by atoms with van der Waals surface area (Å²) in [6.45, 7) is 0. The molecule has 0 atom stereocenters. The zero-order valence-corrected chi connectivity index (χ0v) is 18.5. The Morgan fingerprint density at radius 3 is 1.36 bits per heavy atom. The predicted molar refractivity (Wildman–Crippen MR) is 127 cm³/mol. The van der Waals surface area contributed by atoms with Crippen LogP contribution < -0.4 is 0 Å². The van der Waals surface area contributed by atoms with Crippen molar-refractivity contribution in [3.8, 4) is 22.3 Å². The molecule has 1 nitrogen and oxygen atoms in total. The van der Waals surface area contributed by atoms with E-state index in [0.717, 1.165) is 8.95 Å². The molecule has 0 amide bonds. The SMILES string of the molecule is Cn1c2cc(-c3ccccc3)c(Br)cc2c2cc(Br)c(-c3ccccc3)cc21. The highest BCUT2D eigenvalue weighted by Gasteiger charge is 2.15. The minimum atomic E-state index is 1.11. The summed E-state index contributed by atoms with van der Waals surface area (Å²) in [5, 5.41) is 2.51. The van der Waals surface area contributed by atoms with Gasteiger partial charge in [0.2, 0.25) is 0 Å². The van der Waals surface area contributed by atoms with Crippen LogP contribution in [0.2, 0.25) is 0 Å². The van der Waals surface area contributed by atoms with Crippen LogP contribution in [0, 0.1) is 0 Å². The predicted octanol–water partition coefficient (Wildman–Crippen LogP) is 8.19. The van der Waals surface area contributed by atoms with Crippen LogP contribution in [0.5, 0.6) is 0 Å². The first kappa shape index (κ1) is 17.7. The maximum absolute atomic E-state index is 3.80. The Morgan fingerprint density at radius 2 is 0.964 bits per heavy atom. The van der Waals surface area contributed by atoms with Gasteiger partial charge in [0.1, 0.15) is 0 Å². The summed E-state index contributed by atoms with van der Waals surface area (Å²) >= 11 is 7.60. The number of aryl methyl sites for hydroxylation is 1. The normalized spacial score (nSPS) is 11.4. The number of aromatic nitrogens is 1. The van der Waals surface area contributed by atoms with E-state index in [1.807, 2.05) is 0 Å². The lowest BCUT2D eigenvalue weighted by Crippen LogP contribution is -1.89. The number of fused-ring (bicyclic) bond motifs is 3. The molecule has 1 aromatic heterocycles. The van der Waals surface area contributed by atoms with Crippen molar-refractivity contribution in [3.63, 3.8) is 0 Å². The van der Waals surface area contributed by atoms with Crippen molar-refractivity contribution in [1.29, 1.82) is 0 Å². The van der Waals surface area contributed by atoms with E-state index in [1.165, 1.54) is 44.1 Å². The molecule has 136 valence electrons. The second-order valence-electron chi connectivity index (χ2n) is 6.99. The molecule has 5 aromatic rings. The van der Waals surface area contributed by atoms with Crippen LogP contribution in [0.3, 0.4) is 0 Å². The van der Waals surface area contributed by atoms with Crippen molar-refractivity contribution in [2.75, 3.05) is 0 Å². The van der Waals surface area contributed by atoms with Crippen molar-refractivity contribution in [2.24, 2.45) is 7.05 Å². The van der Waals surface area contributed by atoms with Gasteiger partial charge in [-0.25, -0.2) is 0 Å². The smallest absolute Gasteiger partial charge is 0.0495 e. The molecule has 0 N–H and O–H groups in total. The molecule has 0 saturated heterocycles. The molecular weight excluding hydrogens is 474 g/mol. The average Bonchev–Trinajstić information content (AvgIpc) is 2.98. The first-order valence-electron chi connectivity index (χ1n) is 9.15. The van der Waals surface area contributed by atoms with E-state index in [9.17, 15) is 0 Å². The second-order valence-corrected chi connectivity index (χ2v) is 8.70. The Kier molecular flexibility index (Phi) is 4.37. The monoisotopic (exact) mass is 489 g/mol. The molecule has 1 heterocycles.